The summed E-state index contributed by atoms with van der Waals surface area (Å²) in [5.74, 6) is 0.0591. The van der Waals surface area contributed by atoms with Crippen LogP contribution in [0.1, 0.15) is 29.4 Å². The van der Waals surface area contributed by atoms with Gasteiger partial charge in [0.05, 0.1) is 6.10 Å². The molecule has 22 heavy (non-hydrogen) atoms. The normalized spacial score (nSPS) is 25.4. The lowest BCUT2D eigenvalue weighted by molar-refractivity contribution is -0.00516. The van der Waals surface area contributed by atoms with Crippen LogP contribution in [0.3, 0.4) is 0 Å². The molecule has 1 aromatic carbocycles. The number of benzene rings is 1. The molecule has 0 bridgehead atoms. The van der Waals surface area contributed by atoms with Gasteiger partial charge >= 0.3 is 6.01 Å². The number of carbonyl (C=O) groups is 1. The molecule has 112 valence electrons. The Hall–Kier alpha value is -2.47. The van der Waals surface area contributed by atoms with E-state index in [0.717, 1.165) is 0 Å². The van der Waals surface area contributed by atoms with Crippen LogP contribution in [0.2, 0.25) is 0 Å². The van der Waals surface area contributed by atoms with Gasteiger partial charge in [0.15, 0.2) is 12.0 Å². The molecule has 0 saturated carbocycles. The predicted molar refractivity (Wildman–Crippen MR) is 76.8 cm³/mol. The molecule has 3 atom stereocenters. The Kier molecular flexibility index (Phi) is 3.04. The molecule has 3 heterocycles. The molecule has 0 spiro atoms. The molecule has 2 aliphatic rings. The van der Waals surface area contributed by atoms with Gasteiger partial charge in [0.25, 0.3) is 5.56 Å². The van der Waals surface area contributed by atoms with Gasteiger partial charge < -0.3 is 9.47 Å². The molecule has 3 unspecified atom stereocenters. The zero-order chi connectivity index (χ0) is 15.1. The average molecular weight is 298 g/mol. The summed E-state index contributed by atoms with van der Waals surface area (Å²) in [5.41, 5.74) is 0.358. The van der Waals surface area contributed by atoms with Crippen molar-refractivity contribution in [1.29, 1.82) is 0 Å². The molecule has 0 aliphatic carbocycles. The minimum absolute atomic E-state index is 0.0591. The van der Waals surface area contributed by atoms with Crippen LogP contribution in [-0.4, -0.2) is 27.5 Å². The molecule has 4 rings (SSSR count). The Labute approximate surface area is 126 Å². The Morgan fingerprint density at radius 2 is 2.09 bits per heavy atom. The second-order valence-corrected chi connectivity index (χ2v) is 5.49. The summed E-state index contributed by atoms with van der Waals surface area (Å²) in [4.78, 5) is 27.3. The van der Waals surface area contributed by atoms with Gasteiger partial charge in [-0.05, 0) is 0 Å². The van der Waals surface area contributed by atoms with Gasteiger partial charge in [-0.3, -0.25) is 14.2 Å². The maximum atomic E-state index is 12.2. The van der Waals surface area contributed by atoms with E-state index in [4.69, 9.17) is 9.47 Å². The maximum absolute atomic E-state index is 12.2. The van der Waals surface area contributed by atoms with E-state index in [1.807, 2.05) is 18.2 Å². The van der Waals surface area contributed by atoms with Gasteiger partial charge in [-0.2, -0.15) is 4.98 Å². The van der Waals surface area contributed by atoms with E-state index in [1.54, 1.807) is 22.9 Å². The molecule has 0 amide bonds. The number of rotatable bonds is 3. The molecule has 1 saturated heterocycles. The van der Waals surface area contributed by atoms with Crippen LogP contribution in [0.25, 0.3) is 0 Å². The third-order valence-electron chi connectivity index (χ3n) is 3.99. The molecule has 0 radical (unpaired) electrons. The first-order valence-electron chi connectivity index (χ1n) is 7.20. The number of nitrogens with zero attached hydrogens (tertiary/aromatic N) is 2. The number of hydrogen-bond donors (Lipinski definition) is 0. The number of fused-ring (bicyclic) bond motifs is 3. The lowest BCUT2D eigenvalue weighted by Gasteiger charge is -2.13. The van der Waals surface area contributed by atoms with Crippen molar-refractivity contribution < 1.29 is 14.3 Å². The second-order valence-electron chi connectivity index (χ2n) is 5.49. The highest BCUT2D eigenvalue weighted by atomic mass is 16.6. The number of carbonyl (C=O) groups excluding carboxylic acids is 1. The molecular formula is C16H14N2O4. The number of Topliss-reactive ketones (excluding diaryl/α,β-unsaturated/α-hetero) is 1. The Balaban J connectivity index is 1.47. The summed E-state index contributed by atoms with van der Waals surface area (Å²) in [5, 5.41) is 0. The van der Waals surface area contributed by atoms with Gasteiger partial charge in [-0.25, -0.2) is 0 Å². The van der Waals surface area contributed by atoms with Crippen molar-refractivity contribution in [2.75, 3.05) is 0 Å². The monoisotopic (exact) mass is 298 g/mol. The fourth-order valence-corrected chi connectivity index (χ4v) is 2.96. The van der Waals surface area contributed by atoms with Crippen LogP contribution in [0.4, 0.5) is 0 Å². The van der Waals surface area contributed by atoms with Gasteiger partial charge in [0.1, 0.15) is 6.10 Å². The van der Waals surface area contributed by atoms with E-state index in [-0.39, 0.29) is 35.8 Å². The standard InChI is InChI=1S/C16H14N2O4/c19-12(10-4-2-1-3-5-10)8-11-9-13-15(21-11)18-7-6-14(20)17-16(18)22-13/h1-7,11,13,15H,8-9H2. The van der Waals surface area contributed by atoms with E-state index in [0.29, 0.717) is 18.4 Å². The van der Waals surface area contributed by atoms with Crippen molar-refractivity contribution in [2.45, 2.75) is 31.3 Å². The molecule has 6 nitrogen and oxygen atoms in total. The van der Waals surface area contributed by atoms with Crippen molar-refractivity contribution in [3.63, 3.8) is 0 Å². The first kappa shape index (κ1) is 13.2. The number of hydrogen-bond acceptors (Lipinski definition) is 5. The minimum Gasteiger partial charge on any atom is -0.456 e. The van der Waals surface area contributed by atoms with Crippen LogP contribution in [0.5, 0.6) is 6.01 Å². The van der Waals surface area contributed by atoms with E-state index in [1.165, 1.54) is 6.07 Å². The molecular weight excluding hydrogens is 284 g/mol. The van der Waals surface area contributed by atoms with Crippen molar-refractivity contribution in [3.8, 4) is 6.01 Å². The van der Waals surface area contributed by atoms with Crippen molar-refractivity contribution in [3.05, 3.63) is 58.5 Å². The lowest BCUT2D eigenvalue weighted by atomic mass is 10.0. The zero-order valence-electron chi connectivity index (χ0n) is 11.7. The Morgan fingerprint density at radius 1 is 1.27 bits per heavy atom. The van der Waals surface area contributed by atoms with Crippen LogP contribution in [0, 0.1) is 0 Å². The predicted octanol–water partition coefficient (Wildman–Crippen LogP) is 1.56. The maximum Gasteiger partial charge on any atom is 0.302 e. The van der Waals surface area contributed by atoms with Crippen molar-refractivity contribution in [1.82, 2.24) is 9.55 Å². The summed E-state index contributed by atoms with van der Waals surface area (Å²) >= 11 is 0. The summed E-state index contributed by atoms with van der Waals surface area (Å²) in [7, 11) is 0. The number of aromatic nitrogens is 2. The highest BCUT2D eigenvalue weighted by Gasteiger charge is 2.44. The third kappa shape index (κ3) is 2.21. The van der Waals surface area contributed by atoms with E-state index in [2.05, 4.69) is 4.98 Å². The van der Waals surface area contributed by atoms with Crippen LogP contribution < -0.4 is 10.3 Å². The number of ether oxygens (including phenoxy) is 2. The molecule has 2 aliphatic heterocycles. The SMILES string of the molecule is O=C(CC1CC2Oc3nc(=O)ccn3C2O1)c1ccccc1. The fourth-order valence-electron chi connectivity index (χ4n) is 2.96. The van der Waals surface area contributed by atoms with Crippen LogP contribution in [-0.2, 0) is 4.74 Å². The second kappa shape index (κ2) is 5.06. The highest BCUT2D eigenvalue weighted by Crippen LogP contribution is 2.39. The first-order valence-corrected chi connectivity index (χ1v) is 7.20. The van der Waals surface area contributed by atoms with E-state index in [9.17, 15) is 9.59 Å². The summed E-state index contributed by atoms with van der Waals surface area (Å²) in [6, 6.07) is 10.8. The quantitative estimate of drug-likeness (QED) is 0.804. The first-order chi connectivity index (χ1) is 10.7. The van der Waals surface area contributed by atoms with Gasteiger partial charge in [-0.15, -0.1) is 0 Å². The molecule has 1 aromatic heterocycles. The molecule has 2 aromatic rings. The zero-order valence-corrected chi connectivity index (χ0v) is 11.7. The van der Waals surface area contributed by atoms with E-state index >= 15 is 0 Å². The number of ketones is 1. The summed E-state index contributed by atoms with van der Waals surface area (Å²) < 4.78 is 13.3. The summed E-state index contributed by atoms with van der Waals surface area (Å²) in [6.45, 7) is 0. The lowest BCUT2D eigenvalue weighted by Crippen LogP contribution is -2.17. The average Bonchev–Trinajstić information content (AvgIpc) is 3.04. The van der Waals surface area contributed by atoms with Crippen molar-refractivity contribution in [2.24, 2.45) is 0 Å². The van der Waals surface area contributed by atoms with Gasteiger partial charge in [0.2, 0.25) is 0 Å². The largest absolute Gasteiger partial charge is 0.456 e. The Morgan fingerprint density at radius 3 is 2.91 bits per heavy atom. The summed E-state index contributed by atoms with van der Waals surface area (Å²) in [6.07, 6.45) is 1.87. The van der Waals surface area contributed by atoms with Crippen LogP contribution >= 0.6 is 0 Å². The van der Waals surface area contributed by atoms with E-state index < -0.39 is 0 Å². The highest BCUT2D eigenvalue weighted by molar-refractivity contribution is 5.96. The topological polar surface area (TPSA) is 70.4 Å². The third-order valence-corrected chi connectivity index (χ3v) is 3.99. The van der Waals surface area contributed by atoms with Gasteiger partial charge in [-0.1, -0.05) is 30.3 Å². The minimum atomic E-state index is -0.331. The van der Waals surface area contributed by atoms with Crippen molar-refractivity contribution >= 4 is 5.78 Å². The smallest absolute Gasteiger partial charge is 0.302 e. The Bertz CT molecular complexity index is 771. The fraction of sp³-hybridized carbons (Fsp3) is 0.312. The molecule has 1 fully saturated rings. The van der Waals surface area contributed by atoms with Gasteiger partial charge in [0, 0.05) is 30.7 Å². The molecule has 0 N–H and O–H groups in total. The molecule has 6 heteroatoms. The van der Waals surface area contributed by atoms with Crippen LogP contribution in [0.15, 0.2) is 47.4 Å².